The number of ether oxygens (including phenoxy) is 1. The lowest BCUT2D eigenvalue weighted by Crippen LogP contribution is -2.58. The number of rotatable bonds is 35. The third-order valence-corrected chi connectivity index (χ3v) is 15.7. The number of likely N-dealkylation sites (N-methyl/N-ethyl adjacent to an activating group) is 1. The van der Waals surface area contributed by atoms with E-state index in [9.17, 15) is 48.3 Å². The van der Waals surface area contributed by atoms with Crippen molar-refractivity contribution >= 4 is 70.4 Å². The molecule has 22 heteroatoms. The smallest absolute Gasteiger partial charge is 0.312 e. The average Bonchev–Trinajstić information content (AvgIpc) is 3.90. The van der Waals surface area contributed by atoms with E-state index in [4.69, 9.17) is 10.5 Å². The molecule has 1 aliphatic rings. The van der Waals surface area contributed by atoms with Gasteiger partial charge in [-0.3, -0.25) is 43.3 Å². The van der Waals surface area contributed by atoms with Crippen LogP contribution in [0.2, 0.25) is 0 Å². The number of hydrogen-bond acceptors (Lipinski definition) is 13. The fourth-order valence-corrected chi connectivity index (χ4v) is 10.7. The van der Waals surface area contributed by atoms with Gasteiger partial charge in [-0.1, -0.05) is 107 Å². The number of nitrogens with two attached hydrogens (primary N) is 1. The first-order valence-corrected chi connectivity index (χ1v) is 29.8. The molecule has 1 saturated heterocycles. The molecule has 0 unspecified atom stereocenters. The van der Waals surface area contributed by atoms with Crippen LogP contribution in [-0.2, 0) is 44.7 Å². The van der Waals surface area contributed by atoms with Crippen molar-refractivity contribution < 1.29 is 53.0 Å². The summed E-state index contributed by atoms with van der Waals surface area (Å²) >= 11 is 1.13. The summed E-state index contributed by atoms with van der Waals surface area (Å²) in [4.78, 5) is 127. The molecule has 1 fully saturated rings. The molecule has 0 bridgehead atoms. The Labute approximate surface area is 478 Å². The van der Waals surface area contributed by atoms with Gasteiger partial charge in [0.25, 0.3) is 5.91 Å². The molecule has 80 heavy (non-hydrogen) atoms. The van der Waals surface area contributed by atoms with Crippen molar-refractivity contribution in [2.45, 2.75) is 208 Å². The number of aliphatic carboxylic acids is 1. The van der Waals surface area contributed by atoms with E-state index in [1.54, 1.807) is 55.3 Å². The normalized spacial score (nSPS) is 16.6. The number of aromatic nitrogens is 1. The van der Waals surface area contributed by atoms with Crippen LogP contribution in [0.25, 0.3) is 0 Å². The minimum absolute atomic E-state index is 0.0274. The van der Waals surface area contributed by atoms with Gasteiger partial charge in [0.15, 0.2) is 6.10 Å². The van der Waals surface area contributed by atoms with E-state index in [2.05, 4.69) is 43.8 Å². The van der Waals surface area contributed by atoms with Gasteiger partial charge in [0.05, 0.1) is 12.0 Å². The summed E-state index contributed by atoms with van der Waals surface area (Å²) in [5.74, 6) is -5.32. The number of anilines is 1. The van der Waals surface area contributed by atoms with E-state index in [1.807, 2.05) is 46.6 Å². The Morgan fingerprint density at radius 1 is 0.838 bits per heavy atom. The van der Waals surface area contributed by atoms with Crippen molar-refractivity contribution in [3.63, 3.8) is 0 Å². The molecule has 3 rings (SSSR count). The lowest BCUT2D eigenvalue weighted by atomic mass is 9.92. The zero-order valence-electron chi connectivity index (χ0n) is 49.3. The van der Waals surface area contributed by atoms with Crippen molar-refractivity contribution in [3.05, 3.63) is 45.9 Å². The highest BCUT2D eigenvalue weighted by molar-refractivity contribution is 7.09. The molecule has 9 atom stereocenters. The van der Waals surface area contributed by atoms with Gasteiger partial charge >= 0.3 is 18.0 Å². The van der Waals surface area contributed by atoms with Crippen molar-refractivity contribution in [2.24, 2.45) is 29.4 Å². The number of amides is 8. The van der Waals surface area contributed by atoms with Crippen molar-refractivity contribution in [3.8, 4) is 0 Å². The zero-order chi connectivity index (χ0) is 59.6. The van der Waals surface area contributed by atoms with Crippen LogP contribution in [0, 0.1) is 23.7 Å². The maximum absolute atomic E-state index is 14.8. The highest BCUT2D eigenvalue weighted by Crippen LogP contribution is 2.32. The first kappa shape index (κ1) is 68.1. The van der Waals surface area contributed by atoms with Gasteiger partial charge in [0.2, 0.25) is 29.5 Å². The minimum Gasteiger partial charge on any atom is -0.481 e. The number of benzene rings is 1. The number of carboxylic acid groups (broad SMARTS) is 1. The Bertz CT molecular complexity index is 2330. The summed E-state index contributed by atoms with van der Waals surface area (Å²) in [5, 5.41) is 28.8. The summed E-state index contributed by atoms with van der Waals surface area (Å²) < 4.78 is 5.90. The number of esters is 1. The molecule has 21 nitrogen and oxygen atoms in total. The molecule has 2 heterocycles. The van der Waals surface area contributed by atoms with E-state index in [0.717, 1.165) is 50.0 Å². The van der Waals surface area contributed by atoms with Gasteiger partial charge in [-0.2, -0.15) is 0 Å². The van der Waals surface area contributed by atoms with E-state index in [-0.39, 0.29) is 85.9 Å². The minimum atomic E-state index is -1.05. The maximum atomic E-state index is 14.8. The van der Waals surface area contributed by atoms with Crippen LogP contribution in [0.3, 0.4) is 0 Å². The molecule has 1 aliphatic heterocycles. The number of piperidine rings is 1. The van der Waals surface area contributed by atoms with Crippen LogP contribution in [0.1, 0.15) is 186 Å². The number of urea groups is 1. The second-order valence-corrected chi connectivity index (χ2v) is 23.1. The highest BCUT2D eigenvalue weighted by atomic mass is 32.1. The number of likely N-dealkylation sites (tertiary alicyclic amines) is 1. The number of nitrogens with zero attached hydrogens (tertiary/aromatic N) is 3. The van der Waals surface area contributed by atoms with E-state index >= 15 is 0 Å². The molecule has 1 aromatic heterocycles. The number of carboxylic acids is 1. The van der Waals surface area contributed by atoms with Crippen LogP contribution < -0.4 is 37.6 Å². The number of carbonyl (C=O) groups is 9. The van der Waals surface area contributed by atoms with E-state index in [1.165, 1.54) is 6.92 Å². The van der Waals surface area contributed by atoms with E-state index < -0.39 is 77.9 Å². The molecule has 0 radical (unpaired) electrons. The Balaban J connectivity index is 1.84. The van der Waals surface area contributed by atoms with Gasteiger partial charge in [-0.05, 0) is 100 Å². The summed E-state index contributed by atoms with van der Waals surface area (Å²) in [6.45, 7) is 19.8. The maximum Gasteiger partial charge on any atom is 0.312 e. The molecule has 0 spiro atoms. The molecular formula is C58H94N10O11S. The SMILES string of the molecule is CCCCCCC(=O)N[C@H](C(=O)N[C@@H](CCCNC(N)=O)C(=O)Nc1ccc(C[C@@H](C[C@H](C)C(=O)O)NC(=O)c2csc([C@@H](C[C@H](C(C)C)N(CCC)C(=O)[C@@H](NC(=O)[C@H]3CCCCN3C)[C@@H](C)CC)OC(C)=O)n2)cc1)C(C)C. The Hall–Kier alpha value is -6.16. The zero-order valence-corrected chi connectivity index (χ0v) is 50.1. The quantitative estimate of drug-likeness (QED) is 0.0259. The van der Waals surface area contributed by atoms with E-state index in [0.29, 0.717) is 54.9 Å². The molecule has 0 aliphatic carbocycles. The van der Waals surface area contributed by atoms with Crippen molar-refractivity contribution in [1.29, 1.82) is 0 Å². The first-order chi connectivity index (χ1) is 37.9. The Kier molecular flexibility index (Phi) is 29.7. The summed E-state index contributed by atoms with van der Waals surface area (Å²) in [6.07, 6.45) is 7.76. The Morgan fingerprint density at radius 2 is 1.54 bits per heavy atom. The lowest BCUT2D eigenvalue weighted by Gasteiger charge is -2.40. The van der Waals surface area contributed by atoms with Crippen LogP contribution in [0.5, 0.6) is 0 Å². The number of thiazole rings is 1. The largest absolute Gasteiger partial charge is 0.481 e. The first-order valence-electron chi connectivity index (χ1n) is 28.9. The number of primary amides is 1. The van der Waals surface area contributed by atoms with Gasteiger partial charge in [0.1, 0.15) is 28.8 Å². The summed E-state index contributed by atoms with van der Waals surface area (Å²) in [7, 11) is 1.93. The predicted octanol–water partition coefficient (Wildman–Crippen LogP) is 6.85. The number of hydrogen-bond donors (Lipinski definition) is 8. The fourth-order valence-electron chi connectivity index (χ4n) is 9.88. The predicted molar refractivity (Wildman–Crippen MR) is 309 cm³/mol. The number of carbonyl (C=O) groups excluding carboxylic acids is 8. The lowest BCUT2D eigenvalue weighted by molar-refractivity contribution is -0.150. The van der Waals surface area contributed by atoms with Gasteiger partial charge in [-0.25, -0.2) is 9.78 Å². The molecular weight excluding hydrogens is 1040 g/mol. The van der Waals surface area contributed by atoms with Gasteiger partial charge < -0.3 is 52.4 Å². The second-order valence-electron chi connectivity index (χ2n) is 22.2. The van der Waals surface area contributed by atoms with Crippen LogP contribution in [0.15, 0.2) is 29.6 Å². The molecule has 9 N–H and O–H groups in total. The highest BCUT2D eigenvalue weighted by Gasteiger charge is 2.39. The van der Waals surface area contributed by atoms with Crippen molar-refractivity contribution in [2.75, 3.05) is 32.0 Å². The summed E-state index contributed by atoms with van der Waals surface area (Å²) in [5.41, 5.74) is 6.36. The third kappa shape index (κ3) is 22.8. The topological polar surface area (TPSA) is 301 Å². The van der Waals surface area contributed by atoms with Gasteiger partial charge in [-0.15, -0.1) is 11.3 Å². The molecule has 0 saturated carbocycles. The van der Waals surface area contributed by atoms with Crippen molar-refractivity contribution in [1.82, 2.24) is 41.4 Å². The fraction of sp³-hybridized carbons (Fsp3) is 0.690. The number of nitrogens with one attached hydrogen (secondary N) is 6. The number of unbranched alkanes of at least 4 members (excludes halogenated alkanes) is 3. The second kappa shape index (κ2) is 34.9. The standard InChI is InChI=1S/C58H94N10O11S/c1-12-15-16-17-23-48(70)65-49(36(6)7)54(74)63-43(21-20-28-60-58(59)78)51(71)61-41-26-24-40(25-27-41)32-42(31-38(9)57(76)77)62-52(72)44-34-80-55(64-44)47(79-39(10)69)33-46(35(4)5)68(29-13-2)56(75)50(37(8)14-3)66-53(73)45-22-18-19-30-67(45)11/h24-27,34-38,42-43,45-47,49-50H,12-23,28-33H2,1-11H3,(H,61,71)(H,62,72)(H,63,74)(H,65,70)(H,66,73)(H,76,77)(H3,59,60,78)/t37-,38-,42+,43-,45+,46+,47+,49-,50-/m0/s1. The summed E-state index contributed by atoms with van der Waals surface area (Å²) in [6, 6.07) is 1.82. The molecule has 2 aromatic rings. The monoisotopic (exact) mass is 1140 g/mol. The third-order valence-electron chi connectivity index (χ3n) is 14.8. The van der Waals surface area contributed by atoms with Crippen LogP contribution >= 0.6 is 11.3 Å². The average molecular weight is 1140 g/mol. The van der Waals surface area contributed by atoms with Crippen LogP contribution in [-0.4, -0.2) is 136 Å². The molecule has 8 amide bonds. The Morgan fingerprint density at radius 3 is 2.12 bits per heavy atom. The van der Waals surface area contributed by atoms with Crippen LogP contribution in [0.4, 0.5) is 10.5 Å². The molecule has 448 valence electrons. The van der Waals surface area contributed by atoms with Gasteiger partial charge in [0, 0.05) is 56.0 Å². The molecule has 1 aromatic carbocycles.